The first-order valence-corrected chi connectivity index (χ1v) is 6.98. The third kappa shape index (κ3) is 10.5. The van der Waals surface area contributed by atoms with Gasteiger partial charge in [-0.15, -0.1) is 0 Å². The first-order valence-electron chi connectivity index (χ1n) is 5.59. The molecule has 0 saturated carbocycles. The number of hydrogen-bond donors (Lipinski definition) is 3. The fourth-order valence-corrected chi connectivity index (χ4v) is 1.66. The monoisotopic (exact) mass is 302 g/mol. The van der Waals surface area contributed by atoms with E-state index in [2.05, 4.69) is 10.6 Å². The van der Waals surface area contributed by atoms with Gasteiger partial charge >= 0.3 is 18.2 Å². The normalized spacial score (nSPS) is 12.8. The van der Waals surface area contributed by atoms with E-state index in [0.29, 0.717) is 5.75 Å². The molecule has 0 aromatic rings. The highest BCUT2D eigenvalue weighted by molar-refractivity contribution is 7.98. The standard InChI is InChI=1S/C10H17F3N2O3S/c1-19-6-3-7(8(16)17)15-9(18)14-5-2-4-10(11,12)13/h7H,2-6H2,1H3,(H,16,17)(H2,14,15,18). The van der Waals surface area contributed by atoms with E-state index < -0.39 is 30.6 Å². The molecule has 0 heterocycles. The maximum atomic E-state index is 11.8. The minimum absolute atomic E-state index is 0.153. The lowest BCUT2D eigenvalue weighted by molar-refractivity contribution is -0.139. The van der Waals surface area contributed by atoms with Crippen LogP contribution in [0, 0.1) is 0 Å². The van der Waals surface area contributed by atoms with Crippen LogP contribution < -0.4 is 10.6 Å². The Balaban J connectivity index is 3.90. The number of thioether (sulfide) groups is 1. The summed E-state index contributed by atoms with van der Waals surface area (Å²) in [6.07, 6.45) is -3.41. The Morgan fingerprint density at radius 1 is 1.37 bits per heavy atom. The van der Waals surface area contributed by atoms with Crippen LogP contribution in [0.2, 0.25) is 0 Å². The van der Waals surface area contributed by atoms with Crippen molar-refractivity contribution in [3.05, 3.63) is 0 Å². The number of urea groups is 1. The molecule has 0 aliphatic heterocycles. The van der Waals surface area contributed by atoms with Gasteiger partial charge in [0.05, 0.1) is 0 Å². The second-order valence-corrected chi connectivity index (χ2v) is 4.78. The third-order valence-corrected chi connectivity index (χ3v) is 2.78. The molecule has 1 atom stereocenters. The fraction of sp³-hybridized carbons (Fsp3) is 0.800. The first kappa shape index (κ1) is 17.9. The molecule has 0 aromatic carbocycles. The zero-order valence-corrected chi connectivity index (χ0v) is 11.2. The molecule has 0 fully saturated rings. The van der Waals surface area contributed by atoms with Gasteiger partial charge in [0.2, 0.25) is 0 Å². The maximum absolute atomic E-state index is 11.8. The number of amides is 2. The van der Waals surface area contributed by atoms with E-state index in [9.17, 15) is 22.8 Å². The van der Waals surface area contributed by atoms with Crippen molar-refractivity contribution in [1.29, 1.82) is 0 Å². The smallest absolute Gasteiger partial charge is 0.389 e. The van der Waals surface area contributed by atoms with Gasteiger partial charge in [-0.25, -0.2) is 9.59 Å². The molecule has 19 heavy (non-hydrogen) atoms. The van der Waals surface area contributed by atoms with Crippen molar-refractivity contribution in [2.24, 2.45) is 0 Å². The predicted octanol–water partition coefficient (Wildman–Crippen LogP) is 1.83. The van der Waals surface area contributed by atoms with E-state index in [0.717, 1.165) is 0 Å². The van der Waals surface area contributed by atoms with Crippen molar-refractivity contribution < 1.29 is 27.9 Å². The van der Waals surface area contributed by atoms with Crippen molar-refractivity contribution >= 4 is 23.8 Å². The summed E-state index contributed by atoms with van der Waals surface area (Å²) in [6.45, 7) is -0.153. The summed E-state index contributed by atoms with van der Waals surface area (Å²) >= 11 is 1.44. The molecule has 1 unspecified atom stereocenters. The summed E-state index contributed by atoms with van der Waals surface area (Å²) in [5.74, 6) is -0.606. The average Bonchev–Trinajstić information content (AvgIpc) is 2.28. The van der Waals surface area contributed by atoms with Crippen molar-refractivity contribution in [3.63, 3.8) is 0 Å². The van der Waals surface area contributed by atoms with Gasteiger partial charge in [0.25, 0.3) is 0 Å². The Hall–Kier alpha value is -1.12. The first-order chi connectivity index (χ1) is 8.76. The summed E-state index contributed by atoms with van der Waals surface area (Å²) < 4.78 is 35.5. The molecule has 0 aromatic heterocycles. The maximum Gasteiger partial charge on any atom is 0.389 e. The van der Waals surface area contributed by atoms with Crippen molar-refractivity contribution in [2.75, 3.05) is 18.6 Å². The lowest BCUT2D eigenvalue weighted by Crippen LogP contribution is -2.46. The van der Waals surface area contributed by atoms with Crippen LogP contribution in [0.15, 0.2) is 0 Å². The van der Waals surface area contributed by atoms with E-state index in [-0.39, 0.29) is 19.4 Å². The van der Waals surface area contributed by atoms with Gasteiger partial charge in [0.1, 0.15) is 6.04 Å². The van der Waals surface area contributed by atoms with Crippen molar-refractivity contribution in [1.82, 2.24) is 10.6 Å². The predicted molar refractivity (Wildman–Crippen MR) is 66.2 cm³/mol. The van der Waals surface area contributed by atoms with Crippen molar-refractivity contribution in [2.45, 2.75) is 31.5 Å². The minimum atomic E-state index is -4.25. The van der Waals surface area contributed by atoms with Crippen LogP contribution in [0.5, 0.6) is 0 Å². The van der Waals surface area contributed by atoms with Crippen LogP contribution >= 0.6 is 11.8 Å². The van der Waals surface area contributed by atoms with E-state index in [1.165, 1.54) is 11.8 Å². The van der Waals surface area contributed by atoms with Crippen LogP contribution in [-0.4, -0.2) is 47.9 Å². The van der Waals surface area contributed by atoms with Gasteiger partial charge in [-0.05, 0) is 24.9 Å². The van der Waals surface area contributed by atoms with E-state index in [1.807, 2.05) is 0 Å². The zero-order chi connectivity index (χ0) is 14.9. The number of rotatable bonds is 8. The number of alkyl halides is 3. The number of carbonyl (C=O) groups excluding carboxylic acids is 1. The average molecular weight is 302 g/mol. The minimum Gasteiger partial charge on any atom is -0.480 e. The summed E-state index contributed by atoms with van der Waals surface area (Å²) in [6, 6.07) is -1.80. The zero-order valence-electron chi connectivity index (χ0n) is 10.4. The van der Waals surface area contributed by atoms with E-state index in [4.69, 9.17) is 5.11 Å². The second-order valence-electron chi connectivity index (χ2n) is 3.79. The van der Waals surface area contributed by atoms with Gasteiger partial charge < -0.3 is 15.7 Å². The quantitative estimate of drug-likeness (QED) is 0.598. The van der Waals surface area contributed by atoms with Gasteiger partial charge in [-0.1, -0.05) is 0 Å². The molecular formula is C10H17F3N2O3S. The Morgan fingerprint density at radius 3 is 2.47 bits per heavy atom. The number of nitrogens with one attached hydrogen (secondary N) is 2. The summed E-state index contributed by atoms with van der Waals surface area (Å²) in [4.78, 5) is 22.1. The van der Waals surface area contributed by atoms with Gasteiger partial charge in [-0.2, -0.15) is 24.9 Å². The second kappa shape index (κ2) is 8.89. The van der Waals surface area contributed by atoms with Gasteiger partial charge in [-0.3, -0.25) is 0 Å². The third-order valence-electron chi connectivity index (χ3n) is 2.14. The Morgan fingerprint density at radius 2 is 2.00 bits per heavy atom. The highest BCUT2D eigenvalue weighted by Gasteiger charge is 2.26. The van der Waals surface area contributed by atoms with Crippen LogP contribution in [0.1, 0.15) is 19.3 Å². The van der Waals surface area contributed by atoms with Crippen LogP contribution in [0.25, 0.3) is 0 Å². The van der Waals surface area contributed by atoms with Crippen molar-refractivity contribution in [3.8, 4) is 0 Å². The summed E-state index contributed by atoms with van der Waals surface area (Å²) in [5, 5.41) is 13.2. The number of halogens is 3. The molecule has 5 nitrogen and oxygen atoms in total. The molecule has 0 rings (SSSR count). The molecule has 0 bridgehead atoms. The number of carbonyl (C=O) groups is 2. The molecule has 3 N–H and O–H groups in total. The van der Waals surface area contributed by atoms with Gasteiger partial charge in [0, 0.05) is 13.0 Å². The van der Waals surface area contributed by atoms with Crippen LogP contribution in [0.3, 0.4) is 0 Å². The molecule has 0 saturated heterocycles. The lowest BCUT2D eigenvalue weighted by Gasteiger charge is -2.14. The van der Waals surface area contributed by atoms with Crippen LogP contribution in [0.4, 0.5) is 18.0 Å². The highest BCUT2D eigenvalue weighted by Crippen LogP contribution is 2.20. The summed E-state index contributed by atoms with van der Waals surface area (Å²) in [7, 11) is 0. The fourth-order valence-electron chi connectivity index (χ4n) is 1.19. The molecule has 0 aliphatic rings. The van der Waals surface area contributed by atoms with Crippen LogP contribution in [-0.2, 0) is 4.79 Å². The highest BCUT2D eigenvalue weighted by atomic mass is 32.2. The summed E-state index contributed by atoms with van der Waals surface area (Å²) in [5.41, 5.74) is 0. The largest absolute Gasteiger partial charge is 0.480 e. The molecule has 112 valence electrons. The Bertz CT molecular complexity index is 300. The molecule has 0 radical (unpaired) electrons. The lowest BCUT2D eigenvalue weighted by atomic mass is 10.2. The molecule has 0 aliphatic carbocycles. The SMILES string of the molecule is CSCCC(NC(=O)NCCCC(F)(F)F)C(=O)O. The number of carboxylic acid groups (broad SMARTS) is 1. The van der Waals surface area contributed by atoms with E-state index >= 15 is 0 Å². The number of carboxylic acids is 1. The van der Waals surface area contributed by atoms with Gasteiger partial charge in [0.15, 0.2) is 0 Å². The molecule has 9 heteroatoms. The Labute approximate surface area is 113 Å². The topological polar surface area (TPSA) is 78.4 Å². The molecule has 2 amide bonds. The molecular weight excluding hydrogens is 285 g/mol. The van der Waals surface area contributed by atoms with E-state index in [1.54, 1.807) is 6.26 Å². The number of aliphatic carboxylic acids is 1. The molecule has 0 spiro atoms. The number of hydrogen-bond acceptors (Lipinski definition) is 3. The Kier molecular flexibility index (Phi) is 8.37.